The number of benzene rings is 1. The van der Waals surface area contributed by atoms with E-state index in [1.807, 2.05) is 0 Å². The molecular formula is C14H19ClF4N2O+2. The van der Waals surface area contributed by atoms with Crippen molar-refractivity contribution in [3.05, 3.63) is 34.6 Å². The molecule has 0 aromatic heterocycles. The van der Waals surface area contributed by atoms with Crippen molar-refractivity contribution in [2.75, 3.05) is 32.7 Å². The number of quaternary nitrogens is 2. The maximum absolute atomic E-state index is 13.7. The summed E-state index contributed by atoms with van der Waals surface area (Å²) < 4.78 is 50.7. The van der Waals surface area contributed by atoms with E-state index in [9.17, 15) is 17.6 Å². The minimum atomic E-state index is -4.57. The quantitative estimate of drug-likeness (QED) is 0.644. The van der Waals surface area contributed by atoms with Gasteiger partial charge < -0.3 is 14.9 Å². The summed E-state index contributed by atoms with van der Waals surface area (Å²) >= 11 is 5.98. The molecule has 0 bridgehead atoms. The zero-order valence-electron chi connectivity index (χ0n) is 11.9. The molecule has 1 aromatic carbocycles. The van der Waals surface area contributed by atoms with Crippen LogP contribution in [-0.2, 0) is 6.54 Å². The maximum atomic E-state index is 13.7. The first-order valence-electron chi connectivity index (χ1n) is 7.12. The zero-order chi connectivity index (χ0) is 16.3. The average Bonchev–Trinajstić information content (AvgIpc) is 2.44. The van der Waals surface area contributed by atoms with Gasteiger partial charge >= 0.3 is 6.18 Å². The van der Waals surface area contributed by atoms with Crippen molar-refractivity contribution < 1.29 is 32.5 Å². The number of alkyl halides is 3. The Morgan fingerprint density at radius 3 is 2.27 bits per heavy atom. The summed E-state index contributed by atoms with van der Waals surface area (Å²) in [6.07, 6.45) is -6.86. The molecule has 1 saturated heterocycles. The van der Waals surface area contributed by atoms with Gasteiger partial charge in [-0.05, 0) is 12.1 Å². The molecule has 124 valence electrons. The number of rotatable bonds is 4. The van der Waals surface area contributed by atoms with E-state index in [1.165, 1.54) is 12.1 Å². The lowest BCUT2D eigenvalue weighted by molar-refractivity contribution is -1.02. The first-order chi connectivity index (χ1) is 10.3. The topological polar surface area (TPSA) is 29.1 Å². The number of halogens is 5. The molecule has 1 aliphatic rings. The van der Waals surface area contributed by atoms with Gasteiger partial charge in [0.2, 0.25) is 0 Å². The second-order valence-electron chi connectivity index (χ2n) is 5.64. The fraction of sp³-hybridized carbons (Fsp3) is 0.571. The van der Waals surface area contributed by atoms with Gasteiger partial charge in [0.15, 0.2) is 6.10 Å². The van der Waals surface area contributed by atoms with E-state index < -0.39 is 12.3 Å². The highest BCUT2D eigenvalue weighted by Gasteiger charge is 2.41. The fourth-order valence-electron chi connectivity index (χ4n) is 2.68. The minimum Gasteiger partial charge on any atom is -0.379 e. The van der Waals surface area contributed by atoms with Crippen LogP contribution in [0.2, 0.25) is 5.02 Å². The lowest BCUT2D eigenvalue weighted by Crippen LogP contribution is -3.28. The molecule has 22 heavy (non-hydrogen) atoms. The predicted molar refractivity (Wildman–Crippen MR) is 73.4 cm³/mol. The second-order valence-corrected chi connectivity index (χ2v) is 6.05. The Balaban J connectivity index is 1.85. The van der Waals surface area contributed by atoms with Crippen LogP contribution in [0.3, 0.4) is 0 Å². The summed E-state index contributed by atoms with van der Waals surface area (Å²) in [5.41, 5.74) is 0.443. The molecule has 1 atom stereocenters. The fourth-order valence-corrected chi connectivity index (χ4v) is 2.91. The van der Waals surface area contributed by atoms with Crippen molar-refractivity contribution in [3.8, 4) is 0 Å². The van der Waals surface area contributed by atoms with Crippen molar-refractivity contribution in [2.45, 2.75) is 18.8 Å². The first kappa shape index (κ1) is 17.5. The average molecular weight is 343 g/mol. The predicted octanol–water partition coefficient (Wildman–Crippen LogP) is -0.314. The minimum absolute atomic E-state index is 0.336. The molecule has 0 saturated carbocycles. The van der Waals surface area contributed by atoms with Gasteiger partial charge in [0, 0.05) is 0 Å². The number of hydrogen-bond donors (Lipinski definition) is 3. The summed E-state index contributed by atoms with van der Waals surface area (Å²) in [7, 11) is 0. The molecule has 3 nitrogen and oxygen atoms in total. The highest BCUT2D eigenvalue weighted by molar-refractivity contribution is 6.31. The van der Waals surface area contributed by atoms with Crippen LogP contribution in [0.15, 0.2) is 18.2 Å². The van der Waals surface area contributed by atoms with Crippen LogP contribution in [-0.4, -0.2) is 50.1 Å². The Kier molecular flexibility index (Phi) is 5.65. The van der Waals surface area contributed by atoms with Crippen LogP contribution < -0.4 is 9.80 Å². The maximum Gasteiger partial charge on any atom is 0.419 e. The van der Waals surface area contributed by atoms with E-state index in [1.54, 1.807) is 6.07 Å². The van der Waals surface area contributed by atoms with Crippen LogP contribution in [0.25, 0.3) is 0 Å². The van der Waals surface area contributed by atoms with E-state index in [-0.39, 0.29) is 12.4 Å². The van der Waals surface area contributed by atoms with Crippen LogP contribution in [0.5, 0.6) is 0 Å². The Morgan fingerprint density at radius 1 is 1.14 bits per heavy atom. The van der Waals surface area contributed by atoms with Gasteiger partial charge in [-0.25, -0.2) is 4.39 Å². The molecule has 0 radical (unpaired) electrons. The van der Waals surface area contributed by atoms with Gasteiger partial charge in [-0.1, -0.05) is 17.7 Å². The molecule has 0 unspecified atom stereocenters. The summed E-state index contributed by atoms with van der Waals surface area (Å²) in [5, 5.41) is 9.46. The third-order valence-corrected chi connectivity index (χ3v) is 4.37. The third-order valence-electron chi connectivity index (χ3n) is 4.01. The smallest absolute Gasteiger partial charge is 0.379 e. The first-order valence-corrected chi connectivity index (χ1v) is 7.50. The van der Waals surface area contributed by atoms with Gasteiger partial charge in [-0.2, -0.15) is 13.2 Å². The van der Waals surface area contributed by atoms with Crippen molar-refractivity contribution in [3.63, 3.8) is 0 Å². The van der Waals surface area contributed by atoms with Crippen molar-refractivity contribution in [1.82, 2.24) is 0 Å². The molecule has 1 aliphatic heterocycles. The molecule has 1 aromatic rings. The van der Waals surface area contributed by atoms with Crippen molar-refractivity contribution in [2.24, 2.45) is 0 Å². The molecule has 8 heteroatoms. The highest BCUT2D eigenvalue weighted by Crippen LogP contribution is 2.19. The monoisotopic (exact) mass is 342 g/mol. The zero-order valence-corrected chi connectivity index (χ0v) is 12.6. The number of aliphatic hydroxyl groups is 1. The molecule has 0 aliphatic carbocycles. The lowest BCUT2D eigenvalue weighted by Gasteiger charge is -2.31. The van der Waals surface area contributed by atoms with E-state index in [0.717, 1.165) is 4.90 Å². The van der Waals surface area contributed by atoms with Gasteiger partial charge in [0.1, 0.15) is 45.1 Å². The normalized spacial score (nSPS) is 24.3. The lowest BCUT2D eigenvalue weighted by atomic mass is 10.1. The van der Waals surface area contributed by atoms with Gasteiger partial charge in [-0.3, -0.25) is 0 Å². The Morgan fingerprint density at radius 2 is 1.73 bits per heavy atom. The van der Waals surface area contributed by atoms with Crippen LogP contribution in [0.4, 0.5) is 17.6 Å². The molecule has 1 heterocycles. The third kappa shape index (κ3) is 4.55. The van der Waals surface area contributed by atoms with Crippen LogP contribution in [0.1, 0.15) is 5.56 Å². The summed E-state index contributed by atoms with van der Waals surface area (Å²) in [6, 6.07) is 4.51. The number of aliphatic hydroxyl groups excluding tert-OH is 1. The van der Waals surface area contributed by atoms with Crippen molar-refractivity contribution >= 4 is 11.6 Å². The number of piperazine rings is 1. The Bertz CT molecular complexity index is 484. The molecule has 3 N–H and O–H groups in total. The SMILES string of the molecule is O[C@@H](C[NH+]1CC[NH+](Cc2c(F)cccc2Cl)CC1)C(F)(F)F. The van der Waals surface area contributed by atoms with Crippen LogP contribution in [0, 0.1) is 5.82 Å². The molecule has 2 rings (SSSR count). The highest BCUT2D eigenvalue weighted by atomic mass is 35.5. The van der Waals surface area contributed by atoms with E-state index in [2.05, 4.69) is 0 Å². The van der Waals surface area contributed by atoms with Gasteiger partial charge in [0.25, 0.3) is 0 Å². The summed E-state index contributed by atoms with van der Waals surface area (Å²) in [6.45, 7) is 2.33. The molecule has 0 spiro atoms. The van der Waals surface area contributed by atoms with E-state index in [4.69, 9.17) is 16.7 Å². The van der Waals surface area contributed by atoms with E-state index in [0.29, 0.717) is 48.2 Å². The van der Waals surface area contributed by atoms with Crippen molar-refractivity contribution in [1.29, 1.82) is 0 Å². The molecule has 1 fully saturated rings. The largest absolute Gasteiger partial charge is 0.419 e. The van der Waals surface area contributed by atoms with Crippen LogP contribution >= 0.6 is 11.6 Å². The van der Waals surface area contributed by atoms with Gasteiger partial charge in [0.05, 0.1) is 10.6 Å². The van der Waals surface area contributed by atoms with E-state index >= 15 is 0 Å². The van der Waals surface area contributed by atoms with Gasteiger partial charge in [-0.15, -0.1) is 0 Å². The second kappa shape index (κ2) is 7.12. The number of nitrogens with one attached hydrogen (secondary N) is 2. The Labute approximate surface area is 131 Å². The summed E-state index contributed by atoms with van der Waals surface area (Å²) in [5.74, 6) is -0.359. The number of hydrogen-bond acceptors (Lipinski definition) is 1. The standard InChI is InChI=1S/C14H17ClF4N2O/c15-11-2-1-3-12(16)10(11)8-20-4-6-21(7-5-20)9-13(22)14(17,18)19/h1-3,13,22H,4-9H2/p+2/t13-/m0/s1. The Hall–Kier alpha value is -0.890. The molecule has 0 amide bonds. The molecular weight excluding hydrogens is 324 g/mol. The summed E-state index contributed by atoms with van der Waals surface area (Å²) in [4.78, 5) is 1.80.